The topological polar surface area (TPSA) is 79.4 Å². The van der Waals surface area contributed by atoms with Gasteiger partial charge in [0, 0.05) is 25.0 Å². The predicted octanol–water partition coefficient (Wildman–Crippen LogP) is 2.41. The number of carbonyl (C=O) groups is 1. The number of fused-ring (bicyclic) bond motifs is 1. The van der Waals surface area contributed by atoms with Crippen LogP contribution in [0.2, 0.25) is 0 Å². The number of likely N-dealkylation sites (tertiary alicyclic amines) is 1. The van der Waals surface area contributed by atoms with E-state index in [1.54, 1.807) is 24.8 Å². The van der Waals surface area contributed by atoms with Gasteiger partial charge in [-0.1, -0.05) is 24.3 Å². The van der Waals surface area contributed by atoms with Gasteiger partial charge in [-0.05, 0) is 44.7 Å². The van der Waals surface area contributed by atoms with Crippen molar-refractivity contribution in [3.05, 3.63) is 42.1 Å². The second-order valence-corrected chi connectivity index (χ2v) is 9.41. The number of hydrogen-bond acceptors (Lipinski definition) is 4. The molecule has 1 amide bonds. The van der Waals surface area contributed by atoms with Crippen molar-refractivity contribution in [2.75, 3.05) is 19.6 Å². The van der Waals surface area contributed by atoms with Crippen molar-refractivity contribution in [3.63, 3.8) is 0 Å². The van der Waals surface area contributed by atoms with Gasteiger partial charge in [0.2, 0.25) is 10.0 Å². The fraction of sp³-hybridized carbons (Fsp3) is 0.474. The standard InChI is InChI=1S/C19H25N3O3S/c1-14(2)26(24,25)20-12-15-6-5-11-22(13-15)19(23)18-10-9-16-7-3-4-8-17(16)21-18/h3-4,7-10,14-15,20H,5-6,11-13H2,1-2H3/t15-/m1/s1. The number of nitrogens with zero attached hydrogens (tertiary/aromatic N) is 2. The van der Waals surface area contributed by atoms with E-state index in [4.69, 9.17) is 0 Å². The molecule has 140 valence electrons. The summed E-state index contributed by atoms with van der Waals surface area (Å²) >= 11 is 0. The maximum Gasteiger partial charge on any atom is 0.272 e. The zero-order valence-corrected chi connectivity index (χ0v) is 16.0. The van der Waals surface area contributed by atoms with Gasteiger partial charge in [-0.25, -0.2) is 18.1 Å². The quantitative estimate of drug-likeness (QED) is 0.870. The summed E-state index contributed by atoms with van der Waals surface area (Å²) in [7, 11) is -3.28. The average Bonchev–Trinajstić information content (AvgIpc) is 2.65. The minimum Gasteiger partial charge on any atom is -0.337 e. The lowest BCUT2D eigenvalue weighted by Crippen LogP contribution is -2.44. The summed E-state index contributed by atoms with van der Waals surface area (Å²) in [5.74, 6) is 0.0360. The number of para-hydroxylation sites is 1. The molecule has 0 bridgehead atoms. The molecular formula is C19H25N3O3S. The molecule has 0 radical (unpaired) electrons. The highest BCUT2D eigenvalue weighted by Gasteiger charge is 2.26. The Morgan fingerprint density at radius 2 is 2.04 bits per heavy atom. The molecule has 1 aromatic heterocycles. The Hall–Kier alpha value is -1.99. The van der Waals surface area contributed by atoms with Crippen molar-refractivity contribution >= 4 is 26.8 Å². The Labute approximate surface area is 154 Å². The first-order chi connectivity index (χ1) is 12.4. The lowest BCUT2D eigenvalue weighted by molar-refractivity contribution is 0.0671. The summed E-state index contributed by atoms with van der Waals surface area (Å²) in [5, 5.41) is 0.550. The minimum atomic E-state index is -3.28. The van der Waals surface area contributed by atoms with Gasteiger partial charge in [-0.2, -0.15) is 0 Å². The number of piperidine rings is 1. The fourth-order valence-corrected chi connectivity index (χ4v) is 3.97. The number of nitrogens with one attached hydrogen (secondary N) is 1. The SMILES string of the molecule is CC(C)S(=O)(=O)NC[C@H]1CCCN(C(=O)c2ccc3ccccc3n2)C1. The van der Waals surface area contributed by atoms with E-state index in [9.17, 15) is 13.2 Å². The molecule has 0 aliphatic carbocycles. The highest BCUT2D eigenvalue weighted by Crippen LogP contribution is 2.19. The fourth-order valence-electron chi connectivity index (χ4n) is 3.16. The molecule has 2 heterocycles. The predicted molar refractivity (Wildman–Crippen MR) is 102 cm³/mol. The Bertz CT molecular complexity index is 896. The molecular weight excluding hydrogens is 350 g/mol. The zero-order valence-electron chi connectivity index (χ0n) is 15.2. The van der Waals surface area contributed by atoms with Gasteiger partial charge in [0.1, 0.15) is 5.69 Å². The molecule has 3 rings (SSSR count). The number of rotatable bonds is 5. The first kappa shape index (κ1) is 18.8. The molecule has 0 spiro atoms. The monoisotopic (exact) mass is 375 g/mol. The van der Waals surface area contributed by atoms with Crippen molar-refractivity contribution in [1.82, 2.24) is 14.6 Å². The molecule has 1 fully saturated rings. The molecule has 26 heavy (non-hydrogen) atoms. The molecule has 0 saturated carbocycles. The van der Waals surface area contributed by atoms with Crippen molar-refractivity contribution in [2.45, 2.75) is 31.9 Å². The number of aromatic nitrogens is 1. The van der Waals surface area contributed by atoms with Crippen molar-refractivity contribution in [3.8, 4) is 0 Å². The van der Waals surface area contributed by atoms with Crippen LogP contribution in [-0.4, -0.2) is 49.1 Å². The van der Waals surface area contributed by atoms with Crippen molar-refractivity contribution in [2.24, 2.45) is 5.92 Å². The minimum absolute atomic E-state index is 0.0906. The highest BCUT2D eigenvalue weighted by atomic mass is 32.2. The second kappa shape index (κ2) is 7.72. The normalized spacial score (nSPS) is 18.4. The smallest absolute Gasteiger partial charge is 0.272 e. The van der Waals surface area contributed by atoms with E-state index in [-0.39, 0.29) is 11.8 Å². The highest BCUT2D eigenvalue weighted by molar-refractivity contribution is 7.90. The van der Waals surface area contributed by atoms with Gasteiger partial charge in [-0.15, -0.1) is 0 Å². The summed E-state index contributed by atoms with van der Waals surface area (Å²) < 4.78 is 26.5. The van der Waals surface area contributed by atoms with E-state index < -0.39 is 15.3 Å². The third-order valence-corrected chi connectivity index (χ3v) is 6.63. The Balaban J connectivity index is 1.67. The van der Waals surface area contributed by atoms with Crippen molar-refractivity contribution < 1.29 is 13.2 Å². The summed E-state index contributed by atoms with van der Waals surface area (Å²) in [6.07, 6.45) is 1.78. The van der Waals surface area contributed by atoms with Gasteiger partial charge < -0.3 is 4.90 Å². The van der Waals surface area contributed by atoms with Crippen LogP contribution in [0.15, 0.2) is 36.4 Å². The van der Waals surface area contributed by atoms with E-state index in [0.717, 1.165) is 23.7 Å². The van der Waals surface area contributed by atoms with Crippen LogP contribution >= 0.6 is 0 Å². The van der Waals surface area contributed by atoms with Crippen LogP contribution in [0, 0.1) is 5.92 Å². The van der Waals surface area contributed by atoms with E-state index in [1.165, 1.54) is 0 Å². The van der Waals surface area contributed by atoms with Gasteiger partial charge in [0.25, 0.3) is 5.91 Å². The van der Waals surface area contributed by atoms with Crippen LogP contribution in [0.5, 0.6) is 0 Å². The average molecular weight is 375 g/mol. The van der Waals surface area contributed by atoms with Crippen LogP contribution < -0.4 is 4.72 Å². The molecule has 7 heteroatoms. The summed E-state index contributed by atoms with van der Waals surface area (Å²) in [6, 6.07) is 11.4. The van der Waals surface area contributed by atoms with Gasteiger partial charge in [0.05, 0.1) is 10.8 Å². The third kappa shape index (κ3) is 4.22. The summed E-state index contributed by atoms with van der Waals surface area (Å²) in [4.78, 5) is 19.1. The van der Waals surface area contributed by atoms with E-state index in [2.05, 4.69) is 9.71 Å². The number of amides is 1. The van der Waals surface area contributed by atoms with Gasteiger partial charge in [-0.3, -0.25) is 4.79 Å². The third-order valence-electron chi connectivity index (χ3n) is 4.82. The maximum absolute atomic E-state index is 12.8. The zero-order chi connectivity index (χ0) is 18.7. The summed E-state index contributed by atoms with van der Waals surface area (Å²) in [5.41, 5.74) is 1.24. The van der Waals surface area contributed by atoms with Crippen LogP contribution in [0.25, 0.3) is 10.9 Å². The number of benzene rings is 1. The molecule has 0 unspecified atom stereocenters. The molecule has 1 aromatic carbocycles. The Morgan fingerprint density at radius 1 is 1.27 bits per heavy atom. The van der Waals surface area contributed by atoms with Crippen LogP contribution in [-0.2, 0) is 10.0 Å². The maximum atomic E-state index is 12.8. The van der Waals surface area contributed by atoms with Crippen molar-refractivity contribution in [1.29, 1.82) is 0 Å². The van der Waals surface area contributed by atoms with E-state index >= 15 is 0 Å². The first-order valence-electron chi connectivity index (χ1n) is 9.00. The van der Waals surface area contributed by atoms with E-state index in [1.807, 2.05) is 30.3 Å². The molecule has 1 N–H and O–H groups in total. The molecule has 6 nitrogen and oxygen atoms in total. The Morgan fingerprint density at radius 3 is 2.81 bits per heavy atom. The second-order valence-electron chi connectivity index (χ2n) is 7.09. The molecule has 1 aliphatic rings. The van der Waals surface area contributed by atoms with Crippen LogP contribution in [0.3, 0.4) is 0 Å². The van der Waals surface area contributed by atoms with Crippen LogP contribution in [0.4, 0.5) is 0 Å². The lowest BCUT2D eigenvalue weighted by Gasteiger charge is -2.32. The first-order valence-corrected chi connectivity index (χ1v) is 10.5. The van der Waals surface area contributed by atoms with Crippen LogP contribution in [0.1, 0.15) is 37.2 Å². The number of sulfonamides is 1. The Kier molecular flexibility index (Phi) is 5.58. The summed E-state index contributed by atoms with van der Waals surface area (Å²) in [6.45, 7) is 4.92. The molecule has 2 aromatic rings. The molecule has 1 atom stereocenters. The van der Waals surface area contributed by atoms with Gasteiger partial charge >= 0.3 is 0 Å². The van der Waals surface area contributed by atoms with Gasteiger partial charge in [0.15, 0.2) is 0 Å². The lowest BCUT2D eigenvalue weighted by atomic mass is 9.98. The number of pyridine rings is 1. The van der Waals surface area contributed by atoms with E-state index in [0.29, 0.717) is 25.3 Å². The molecule has 1 aliphatic heterocycles. The number of carbonyl (C=O) groups excluding carboxylic acids is 1. The number of hydrogen-bond donors (Lipinski definition) is 1. The molecule has 1 saturated heterocycles. The largest absolute Gasteiger partial charge is 0.337 e.